The van der Waals surface area contributed by atoms with Crippen LogP contribution in [0.15, 0.2) is 24.3 Å². The smallest absolute Gasteiger partial charge is 0.314 e. The van der Waals surface area contributed by atoms with Gasteiger partial charge in [0.2, 0.25) is 5.91 Å². The molecule has 0 saturated heterocycles. The Kier molecular flexibility index (Phi) is 4.59. The van der Waals surface area contributed by atoms with E-state index in [1.807, 2.05) is 0 Å². The lowest BCUT2D eigenvalue weighted by Crippen LogP contribution is -2.28. The van der Waals surface area contributed by atoms with Crippen LogP contribution in [0.4, 0.5) is 5.69 Å². The average molecular weight is 292 g/mol. The van der Waals surface area contributed by atoms with Crippen molar-refractivity contribution in [2.75, 3.05) is 19.0 Å². The fourth-order valence-corrected chi connectivity index (χ4v) is 2.31. The number of aliphatic carboxylic acids is 1. The molecule has 6 nitrogen and oxygen atoms in total. The third-order valence-corrected chi connectivity index (χ3v) is 3.89. The summed E-state index contributed by atoms with van der Waals surface area (Å²) in [5, 5.41) is 12.0. The highest BCUT2D eigenvalue weighted by molar-refractivity contribution is 5.91. The molecule has 1 atom stereocenters. The molecule has 1 aliphatic rings. The lowest BCUT2D eigenvalue weighted by Gasteiger charge is -2.14. The Balaban J connectivity index is 1.97. The van der Waals surface area contributed by atoms with Crippen molar-refractivity contribution in [3.8, 4) is 0 Å². The summed E-state index contributed by atoms with van der Waals surface area (Å²) in [7, 11) is 1.51. The number of hydrogen-bond donors (Lipinski definition) is 3. The number of carbonyl (C=O) groups is 2. The van der Waals surface area contributed by atoms with E-state index in [0.717, 1.165) is 5.56 Å². The zero-order valence-electron chi connectivity index (χ0n) is 12.0. The van der Waals surface area contributed by atoms with Gasteiger partial charge in [0.1, 0.15) is 0 Å². The van der Waals surface area contributed by atoms with E-state index in [9.17, 15) is 14.7 Å². The summed E-state index contributed by atoms with van der Waals surface area (Å²) in [5.41, 5.74) is 6.17. The predicted octanol–water partition coefficient (Wildman–Crippen LogP) is 1.11. The van der Waals surface area contributed by atoms with E-state index >= 15 is 0 Å². The number of hydrogen-bond acceptors (Lipinski definition) is 4. The van der Waals surface area contributed by atoms with Crippen LogP contribution in [-0.4, -0.2) is 36.7 Å². The van der Waals surface area contributed by atoms with Crippen LogP contribution in [0, 0.1) is 0 Å². The molecule has 0 aliphatic heterocycles. The SMILES string of the molecule is COC(CN)CC(=O)Nc1ccc(C2(C(=O)O)CC2)cc1. The molecular formula is C15H20N2O4. The number of methoxy groups -OCH3 is 1. The Morgan fingerprint density at radius 1 is 1.38 bits per heavy atom. The molecular weight excluding hydrogens is 272 g/mol. The number of carboxylic acids is 1. The fourth-order valence-electron chi connectivity index (χ4n) is 2.31. The van der Waals surface area contributed by atoms with Gasteiger partial charge in [0, 0.05) is 19.3 Å². The predicted molar refractivity (Wildman–Crippen MR) is 78.1 cm³/mol. The molecule has 4 N–H and O–H groups in total. The number of rotatable bonds is 7. The molecule has 0 spiro atoms. The monoisotopic (exact) mass is 292 g/mol. The molecule has 1 unspecified atom stereocenters. The van der Waals surface area contributed by atoms with E-state index in [-0.39, 0.29) is 25.0 Å². The van der Waals surface area contributed by atoms with Crippen LogP contribution in [0.25, 0.3) is 0 Å². The molecule has 1 aromatic carbocycles. The van der Waals surface area contributed by atoms with Crippen LogP contribution < -0.4 is 11.1 Å². The average Bonchev–Trinajstić information content (AvgIpc) is 3.27. The second-order valence-corrected chi connectivity index (χ2v) is 5.31. The van der Waals surface area contributed by atoms with Crippen LogP contribution in [-0.2, 0) is 19.7 Å². The number of anilines is 1. The van der Waals surface area contributed by atoms with Crippen molar-refractivity contribution < 1.29 is 19.4 Å². The zero-order chi connectivity index (χ0) is 15.5. The van der Waals surface area contributed by atoms with E-state index in [2.05, 4.69) is 5.32 Å². The van der Waals surface area contributed by atoms with Gasteiger partial charge in [-0.15, -0.1) is 0 Å². The van der Waals surface area contributed by atoms with E-state index in [1.165, 1.54) is 7.11 Å². The largest absolute Gasteiger partial charge is 0.481 e. The zero-order valence-corrected chi connectivity index (χ0v) is 12.0. The maximum absolute atomic E-state index is 11.8. The third kappa shape index (κ3) is 3.40. The van der Waals surface area contributed by atoms with E-state index in [1.54, 1.807) is 24.3 Å². The minimum Gasteiger partial charge on any atom is -0.481 e. The second kappa shape index (κ2) is 6.24. The molecule has 114 valence electrons. The van der Waals surface area contributed by atoms with Crippen LogP contribution in [0.1, 0.15) is 24.8 Å². The lowest BCUT2D eigenvalue weighted by molar-refractivity contribution is -0.140. The number of nitrogens with two attached hydrogens (primary N) is 1. The fraction of sp³-hybridized carbons (Fsp3) is 0.467. The third-order valence-electron chi connectivity index (χ3n) is 3.89. The normalized spacial score (nSPS) is 17.0. The summed E-state index contributed by atoms with van der Waals surface area (Å²) in [6.07, 6.45) is 1.22. The van der Waals surface area contributed by atoms with Crippen molar-refractivity contribution in [3.63, 3.8) is 0 Å². The van der Waals surface area contributed by atoms with Gasteiger partial charge in [-0.2, -0.15) is 0 Å². The minimum absolute atomic E-state index is 0.181. The van der Waals surface area contributed by atoms with Gasteiger partial charge >= 0.3 is 5.97 Å². The van der Waals surface area contributed by atoms with E-state index in [4.69, 9.17) is 10.5 Å². The molecule has 6 heteroatoms. The Morgan fingerprint density at radius 2 is 2.00 bits per heavy atom. The number of amides is 1. The van der Waals surface area contributed by atoms with Gasteiger partial charge in [0.15, 0.2) is 0 Å². The number of ether oxygens (including phenoxy) is 1. The van der Waals surface area contributed by atoms with Gasteiger partial charge < -0.3 is 20.9 Å². The Labute approximate surface area is 123 Å². The molecule has 2 rings (SSSR count). The molecule has 1 fully saturated rings. The van der Waals surface area contributed by atoms with Crippen LogP contribution >= 0.6 is 0 Å². The molecule has 0 radical (unpaired) electrons. The first-order chi connectivity index (χ1) is 10.0. The Morgan fingerprint density at radius 3 is 2.43 bits per heavy atom. The Bertz CT molecular complexity index is 519. The molecule has 1 aliphatic carbocycles. The second-order valence-electron chi connectivity index (χ2n) is 5.31. The highest BCUT2D eigenvalue weighted by Crippen LogP contribution is 2.48. The molecule has 0 heterocycles. The number of benzene rings is 1. The molecule has 1 saturated carbocycles. The van der Waals surface area contributed by atoms with Gasteiger partial charge in [0.05, 0.1) is 17.9 Å². The van der Waals surface area contributed by atoms with Gasteiger partial charge in [-0.25, -0.2) is 0 Å². The van der Waals surface area contributed by atoms with Crippen molar-refractivity contribution >= 4 is 17.6 Å². The van der Waals surface area contributed by atoms with Crippen molar-refractivity contribution in [3.05, 3.63) is 29.8 Å². The maximum atomic E-state index is 11.8. The van der Waals surface area contributed by atoms with Crippen molar-refractivity contribution in [1.82, 2.24) is 0 Å². The summed E-state index contributed by atoms with van der Waals surface area (Å²) in [5.74, 6) is -0.968. The first-order valence-electron chi connectivity index (χ1n) is 6.88. The summed E-state index contributed by atoms with van der Waals surface area (Å²) in [6.45, 7) is 0.282. The number of nitrogens with one attached hydrogen (secondary N) is 1. The number of carbonyl (C=O) groups excluding carboxylic acids is 1. The summed E-state index contributed by atoms with van der Waals surface area (Å²) in [6, 6.07) is 6.96. The first kappa shape index (κ1) is 15.5. The molecule has 0 aromatic heterocycles. The number of carboxylic acid groups (broad SMARTS) is 1. The van der Waals surface area contributed by atoms with Crippen LogP contribution in [0.5, 0.6) is 0 Å². The van der Waals surface area contributed by atoms with E-state index < -0.39 is 11.4 Å². The summed E-state index contributed by atoms with van der Waals surface area (Å²) < 4.78 is 5.06. The molecule has 1 aromatic rings. The van der Waals surface area contributed by atoms with Crippen molar-refractivity contribution in [2.45, 2.75) is 30.8 Å². The van der Waals surface area contributed by atoms with Crippen LogP contribution in [0.3, 0.4) is 0 Å². The standard InChI is InChI=1S/C15H20N2O4/c1-21-12(9-16)8-13(18)17-11-4-2-10(3-5-11)15(6-7-15)14(19)20/h2-5,12H,6-9,16H2,1H3,(H,17,18)(H,19,20). The maximum Gasteiger partial charge on any atom is 0.314 e. The van der Waals surface area contributed by atoms with E-state index in [0.29, 0.717) is 18.5 Å². The molecule has 0 bridgehead atoms. The minimum atomic E-state index is -0.787. The van der Waals surface area contributed by atoms with Crippen molar-refractivity contribution in [2.24, 2.45) is 5.73 Å². The lowest BCUT2D eigenvalue weighted by atomic mass is 9.96. The Hall–Kier alpha value is -1.92. The first-order valence-corrected chi connectivity index (χ1v) is 6.88. The highest BCUT2D eigenvalue weighted by atomic mass is 16.5. The quantitative estimate of drug-likeness (QED) is 0.698. The highest BCUT2D eigenvalue weighted by Gasteiger charge is 2.51. The van der Waals surface area contributed by atoms with Gasteiger partial charge in [-0.3, -0.25) is 9.59 Å². The van der Waals surface area contributed by atoms with Gasteiger partial charge in [0.25, 0.3) is 0 Å². The van der Waals surface area contributed by atoms with Crippen molar-refractivity contribution in [1.29, 1.82) is 0 Å². The molecule has 21 heavy (non-hydrogen) atoms. The van der Waals surface area contributed by atoms with Gasteiger partial charge in [-0.1, -0.05) is 12.1 Å². The molecule has 1 amide bonds. The topological polar surface area (TPSA) is 102 Å². The van der Waals surface area contributed by atoms with Gasteiger partial charge in [-0.05, 0) is 30.5 Å². The summed E-state index contributed by atoms with van der Waals surface area (Å²) in [4.78, 5) is 23.0. The van der Waals surface area contributed by atoms with Crippen LogP contribution in [0.2, 0.25) is 0 Å². The summed E-state index contributed by atoms with van der Waals surface area (Å²) >= 11 is 0.